The molecule has 0 saturated heterocycles. The molecule has 7 nitrogen and oxygen atoms in total. The smallest absolute Gasteiger partial charge is 0.164 e. The quantitative estimate of drug-likeness (QED) is 0.157. The van der Waals surface area contributed by atoms with Gasteiger partial charge >= 0.3 is 0 Å². The molecule has 0 bridgehead atoms. The molecule has 0 unspecified atom stereocenters. The molecular weight excluding hydrogens is 1210 g/mol. The number of hydrogen-bond donors (Lipinski definition) is 0. The first-order valence-electron chi connectivity index (χ1n) is 33.4. The molecule has 8 heteroatoms. The molecule has 4 aliphatic rings. The first-order valence-corrected chi connectivity index (χ1v) is 34.2. The highest BCUT2D eigenvalue weighted by atomic mass is 32.1. The van der Waals surface area contributed by atoms with Crippen molar-refractivity contribution in [2.75, 3.05) is 0 Å². The highest BCUT2D eigenvalue weighted by Gasteiger charge is 2.36. The summed E-state index contributed by atoms with van der Waals surface area (Å²) in [6, 6.07) is 99.5. The Labute approximate surface area is 565 Å². The summed E-state index contributed by atoms with van der Waals surface area (Å²) < 4.78 is 9.01. The number of benzene rings is 15. The summed E-state index contributed by atoms with van der Waals surface area (Å²) in [6.07, 6.45) is 1.96. The standard InChI is InChI=1S/C49H29N3.C41H21N3OS/c1-3-10-28(11-4-1)47-50-48(29-12-5-2-6-13-29)52-49(51-47)40-19-7-14-30-24-31(20-22-36(30)40)41-27-35-26-33-16-9-18-38-37-17-8-15-32-25-34-21-23-39(41)46(44(34)42(32)37)45(35)43(33)38;1-2-8-24(9-3-1)39-42-40(26-14-13-22-7-4-5-10-25(22)21-26)44-41(43-39)28-17-20-32-38-34(28)27-11-6-12-29-35(27)36-30(45-29)18-15-23-16-19-31(46-32)37(38)33(23)36/h1-24,27H,25-26H2;1-21H. The Kier molecular flexibility index (Phi) is 11.2. The van der Waals surface area contributed by atoms with E-state index in [4.69, 9.17) is 34.3 Å². The minimum absolute atomic E-state index is 0.652. The number of fused-ring (bicyclic) bond motifs is 4. The van der Waals surface area contributed by atoms with Crippen molar-refractivity contribution in [3.8, 4) is 124 Å². The zero-order chi connectivity index (χ0) is 63.8. The van der Waals surface area contributed by atoms with Gasteiger partial charge in [0.15, 0.2) is 34.9 Å². The summed E-state index contributed by atoms with van der Waals surface area (Å²) in [5.41, 5.74) is 26.8. The van der Waals surface area contributed by atoms with Crippen LogP contribution in [-0.2, 0) is 12.8 Å². The molecule has 0 N–H and O–H groups in total. The Balaban J connectivity index is 0.000000127. The Bertz CT molecular complexity index is 6650. The molecule has 0 atom stereocenters. The van der Waals surface area contributed by atoms with Crippen molar-refractivity contribution in [3.63, 3.8) is 0 Å². The highest BCUT2D eigenvalue weighted by Crippen LogP contribution is 2.59. The van der Waals surface area contributed by atoms with E-state index in [1.165, 1.54) is 119 Å². The summed E-state index contributed by atoms with van der Waals surface area (Å²) in [7, 11) is 0. The average Bonchev–Trinajstić information content (AvgIpc) is 1.52. The Morgan fingerprint density at radius 3 is 1.47 bits per heavy atom. The van der Waals surface area contributed by atoms with Crippen molar-refractivity contribution in [1.29, 1.82) is 0 Å². The maximum Gasteiger partial charge on any atom is 0.164 e. The van der Waals surface area contributed by atoms with Gasteiger partial charge < -0.3 is 4.42 Å². The van der Waals surface area contributed by atoms with E-state index in [0.29, 0.717) is 34.9 Å². The third kappa shape index (κ3) is 7.86. The second kappa shape index (κ2) is 20.4. The van der Waals surface area contributed by atoms with E-state index in [-0.39, 0.29) is 0 Å². The fourth-order valence-corrected chi connectivity index (χ4v) is 17.8. The number of furan rings is 1. The molecule has 15 aromatic carbocycles. The van der Waals surface area contributed by atoms with Crippen molar-refractivity contribution < 1.29 is 4.42 Å². The van der Waals surface area contributed by atoms with E-state index in [9.17, 15) is 0 Å². The van der Waals surface area contributed by atoms with Gasteiger partial charge in [-0.1, -0.05) is 231 Å². The lowest BCUT2D eigenvalue weighted by Crippen LogP contribution is -2.01. The molecule has 19 aromatic rings. The van der Waals surface area contributed by atoms with Crippen molar-refractivity contribution in [1.82, 2.24) is 29.9 Å². The van der Waals surface area contributed by atoms with Crippen LogP contribution in [0, 0.1) is 0 Å². The van der Waals surface area contributed by atoms with Crippen molar-refractivity contribution in [2.45, 2.75) is 12.8 Å². The number of nitrogens with zero attached hydrogens (tertiary/aromatic N) is 6. The lowest BCUT2D eigenvalue weighted by Gasteiger charge is -2.17. The molecule has 452 valence electrons. The molecule has 0 fully saturated rings. The van der Waals surface area contributed by atoms with E-state index < -0.39 is 0 Å². The molecule has 4 heterocycles. The van der Waals surface area contributed by atoms with E-state index >= 15 is 0 Å². The minimum Gasteiger partial charge on any atom is -0.456 e. The second-order valence-electron chi connectivity index (χ2n) is 26.2. The van der Waals surface area contributed by atoms with Crippen LogP contribution < -0.4 is 0 Å². The summed E-state index contributed by atoms with van der Waals surface area (Å²) in [5, 5.41) is 14.7. The Morgan fingerprint density at radius 1 is 0.235 bits per heavy atom. The van der Waals surface area contributed by atoms with Crippen LogP contribution in [0.1, 0.15) is 22.3 Å². The molecule has 0 radical (unpaired) electrons. The van der Waals surface area contributed by atoms with E-state index in [2.05, 4.69) is 224 Å². The van der Waals surface area contributed by atoms with Gasteiger partial charge in [-0.2, -0.15) is 0 Å². The lowest BCUT2D eigenvalue weighted by molar-refractivity contribution is 0.669. The van der Waals surface area contributed by atoms with Gasteiger partial charge in [0.1, 0.15) is 11.2 Å². The van der Waals surface area contributed by atoms with Crippen LogP contribution in [0.3, 0.4) is 0 Å². The molecule has 0 saturated carbocycles. The number of aromatic nitrogens is 6. The third-order valence-corrected chi connectivity index (χ3v) is 22.0. The normalized spacial score (nSPS) is 12.6. The van der Waals surface area contributed by atoms with Crippen molar-refractivity contribution in [2.24, 2.45) is 0 Å². The van der Waals surface area contributed by atoms with Gasteiger partial charge in [0.05, 0.1) is 0 Å². The van der Waals surface area contributed by atoms with Crippen LogP contribution in [0.15, 0.2) is 283 Å². The molecular formula is C90H50N6OS. The molecule has 98 heavy (non-hydrogen) atoms. The highest BCUT2D eigenvalue weighted by molar-refractivity contribution is 7.26. The fraction of sp³-hybridized carbons (Fsp3) is 0.0222. The average molecular weight is 1260 g/mol. The number of rotatable bonds is 7. The van der Waals surface area contributed by atoms with Gasteiger partial charge in [0.2, 0.25) is 0 Å². The minimum atomic E-state index is 0.652. The Hall–Kier alpha value is -12.6. The molecule has 0 aliphatic heterocycles. The lowest BCUT2D eigenvalue weighted by atomic mass is 9.87. The molecule has 0 amide bonds. The molecule has 23 rings (SSSR count). The van der Waals surface area contributed by atoms with Crippen LogP contribution in [-0.4, -0.2) is 29.9 Å². The maximum absolute atomic E-state index is 6.49. The zero-order valence-corrected chi connectivity index (χ0v) is 53.3. The van der Waals surface area contributed by atoms with Gasteiger partial charge in [-0.3, -0.25) is 0 Å². The van der Waals surface area contributed by atoms with Crippen LogP contribution in [0.5, 0.6) is 0 Å². The SMILES string of the molecule is c1ccc(-c2nc(-c3ccc4ccccc4c3)nc(-c3ccc4sc5ccc6ccc7oc8cccc9c8c7c6c5c4c3-9)n2)cc1.c1ccc(-c2nc(-c3ccccc3)nc(-c3cccc4cc(-c5cc6c7c8c9c(ccc58)Cc5cccc(c5-9)-c5cccc(c5-7)C6)ccc34)n2)cc1. The fourth-order valence-electron chi connectivity index (χ4n) is 16.7. The van der Waals surface area contributed by atoms with Gasteiger partial charge in [0.25, 0.3) is 0 Å². The van der Waals surface area contributed by atoms with Gasteiger partial charge in [-0.25, -0.2) is 29.9 Å². The summed E-state index contributed by atoms with van der Waals surface area (Å²) in [6.45, 7) is 0. The van der Waals surface area contributed by atoms with Crippen LogP contribution in [0.25, 0.3) is 209 Å². The van der Waals surface area contributed by atoms with Crippen LogP contribution >= 0.6 is 11.3 Å². The van der Waals surface area contributed by atoms with Gasteiger partial charge in [-0.15, -0.1) is 11.3 Å². The first-order chi connectivity index (χ1) is 48.5. The number of thiophene rings is 1. The molecule has 4 aliphatic carbocycles. The monoisotopic (exact) mass is 1260 g/mol. The largest absolute Gasteiger partial charge is 0.456 e. The topological polar surface area (TPSA) is 90.5 Å². The summed E-state index contributed by atoms with van der Waals surface area (Å²) in [4.78, 5) is 30.5. The van der Waals surface area contributed by atoms with Gasteiger partial charge in [-0.05, 0) is 171 Å². The van der Waals surface area contributed by atoms with Crippen LogP contribution in [0.2, 0.25) is 0 Å². The van der Waals surface area contributed by atoms with E-state index in [0.717, 1.165) is 90.1 Å². The second-order valence-corrected chi connectivity index (χ2v) is 27.3. The van der Waals surface area contributed by atoms with Gasteiger partial charge in [0, 0.05) is 75.3 Å². The Morgan fingerprint density at radius 2 is 0.745 bits per heavy atom. The zero-order valence-electron chi connectivity index (χ0n) is 52.5. The van der Waals surface area contributed by atoms with Crippen LogP contribution in [0.4, 0.5) is 0 Å². The summed E-state index contributed by atoms with van der Waals surface area (Å²) >= 11 is 1.84. The predicted molar refractivity (Wildman–Crippen MR) is 402 cm³/mol. The summed E-state index contributed by atoms with van der Waals surface area (Å²) in [5.74, 6) is 3.97. The van der Waals surface area contributed by atoms with E-state index in [1.54, 1.807) is 0 Å². The molecule has 0 spiro atoms. The molecule has 4 aromatic heterocycles. The van der Waals surface area contributed by atoms with E-state index in [1.807, 2.05) is 65.9 Å². The van der Waals surface area contributed by atoms with Crippen molar-refractivity contribution >= 4 is 96.5 Å². The third-order valence-electron chi connectivity index (χ3n) is 20.9. The maximum atomic E-state index is 6.49. The first kappa shape index (κ1) is 53.7. The van der Waals surface area contributed by atoms with Crippen molar-refractivity contribution in [3.05, 3.63) is 301 Å². The predicted octanol–water partition coefficient (Wildman–Crippen LogP) is 23.4. The number of hydrogen-bond acceptors (Lipinski definition) is 8.